The first-order valence-electron chi connectivity index (χ1n) is 10.6. The Bertz CT molecular complexity index is 965. The molecule has 1 heterocycles. The topological polar surface area (TPSA) is 81.8 Å². The summed E-state index contributed by atoms with van der Waals surface area (Å²) in [6.07, 6.45) is 0.782. The summed E-state index contributed by atoms with van der Waals surface area (Å²) < 4.78 is 17.2. The average Bonchev–Trinajstić information content (AvgIpc) is 3.15. The number of oxazole rings is 1. The first-order valence-corrected chi connectivity index (χ1v) is 10.6. The third kappa shape index (κ3) is 6.43. The number of carbonyl (C=O) groups is 1. The Labute approximate surface area is 182 Å². The van der Waals surface area contributed by atoms with Crippen molar-refractivity contribution in [2.75, 3.05) is 6.61 Å². The van der Waals surface area contributed by atoms with Gasteiger partial charge in [0.2, 0.25) is 5.89 Å². The maximum Gasteiger partial charge on any atom is 0.333 e. The van der Waals surface area contributed by atoms with Crippen LogP contribution in [0.1, 0.15) is 37.3 Å². The summed E-state index contributed by atoms with van der Waals surface area (Å²) in [5, 5.41) is 9.39. The summed E-state index contributed by atoms with van der Waals surface area (Å²) in [5.74, 6) is 1.19. The molecule has 164 valence electrons. The molecule has 2 aromatic carbocycles. The summed E-state index contributed by atoms with van der Waals surface area (Å²) in [4.78, 5) is 16.0. The predicted octanol–water partition coefficient (Wildman–Crippen LogP) is 5.08. The van der Waals surface area contributed by atoms with Gasteiger partial charge in [0.05, 0.1) is 18.4 Å². The Hall–Kier alpha value is -3.12. The van der Waals surface area contributed by atoms with Crippen molar-refractivity contribution in [3.8, 4) is 17.2 Å². The molecule has 0 spiro atoms. The van der Waals surface area contributed by atoms with Gasteiger partial charge in [-0.2, -0.15) is 0 Å². The highest BCUT2D eigenvalue weighted by atomic mass is 16.5. The molecule has 2 atom stereocenters. The van der Waals surface area contributed by atoms with Gasteiger partial charge in [-0.1, -0.05) is 37.3 Å². The van der Waals surface area contributed by atoms with E-state index < -0.39 is 12.1 Å². The summed E-state index contributed by atoms with van der Waals surface area (Å²) >= 11 is 0. The van der Waals surface area contributed by atoms with Gasteiger partial charge in [0.1, 0.15) is 11.5 Å². The lowest BCUT2D eigenvalue weighted by Gasteiger charge is -2.18. The van der Waals surface area contributed by atoms with Crippen LogP contribution in [-0.4, -0.2) is 34.9 Å². The third-order valence-electron chi connectivity index (χ3n) is 5.11. The van der Waals surface area contributed by atoms with E-state index in [0.717, 1.165) is 34.8 Å². The van der Waals surface area contributed by atoms with Crippen LogP contribution in [-0.2, 0) is 22.4 Å². The van der Waals surface area contributed by atoms with Gasteiger partial charge in [-0.15, -0.1) is 0 Å². The SMILES string of the molecule is CCC(C)OC(Cc1ccc(OCCc2nc(-c3ccccc3)oc2C)cc1)C(=O)O. The van der Waals surface area contributed by atoms with Crippen molar-refractivity contribution in [2.45, 2.75) is 52.2 Å². The minimum Gasteiger partial charge on any atom is -0.493 e. The van der Waals surface area contributed by atoms with Gasteiger partial charge in [-0.05, 0) is 50.1 Å². The van der Waals surface area contributed by atoms with E-state index in [1.165, 1.54) is 0 Å². The molecule has 0 aliphatic carbocycles. The molecule has 0 fully saturated rings. The van der Waals surface area contributed by atoms with E-state index in [0.29, 0.717) is 25.3 Å². The quantitative estimate of drug-likeness (QED) is 0.463. The maximum absolute atomic E-state index is 11.5. The Morgan fingerprint density at radius 2 is 1.84 bits per heavy atom. The fraction of sp³-hybridized carbons (Fsp3) is 0.360. The van der Waals surface area contributed by atoms with Crippen molar-refractivity contribution in [1.29, 1.82) is 0 Å². The predicted molar refractivity (Wildman–Crippen MR) is 118 cm³/mol. The Balaban J connectivity index is 1.53. The standard InChI is InChI=1S/C25H29NO5/c1-4-17(2)30-23(25(27)28)16-19-10-12-21(13-11-19)29-15-14-22-18(3)31-24(26-22)20-8-6-5-7-9-20/h5-13,17,23H,4,14-16H2,1-3H3,(H,27,28). The molecule has 3 aromatic rings. The highest BCUT2D eigenvalue weighted by Crippen LogP contribution is 2.22. The fourth-order valence-electron chi connectivity index (χ4n) is 3.14. The molecule has 2 unspecified atom stereocenters. The van der Waals surface area contributed by atoms with E-state index in [9.17, 15) is 9.90 Å². The Morgan fingerprint density at radius 1 is 1.13 bits per heavy atom. The molecular formula is C25H29NO5. The van der Waals surface area contributed by atoms with Crippen LogP contribution in [0.15, 0.2) is 59.0 Å². The summed E-state index contributed by atoms with van der Waals surface area (Å²) in [5.41, 5.74) is 2.72. The van der Waals surface area contributed by atoms with Crippen LogP contribution in [0.2, 0.25) is 0 Å². The number of carboxylic acids is 1. The van der Waals surface area contributed by atoms with Gasteiger partial charge in [0.25, 0.3) is 0 Å². The number of hydrogen-bond donors (Lipinski definition) is 1. The van der Waals surface area contributed by atoms with Crippen LogP contribution < -0.4 is 4.74 Å². The molecule has 0 aliphatic heterocycles. The van der Waals surface area contributed by atoms with Crippen LogP contribution in [0, 0.1) is 6.92 Å². The zero-order valence-electron chi connectivity index (χ0n) is 18.2. The van der Waals surface area contributed by atoms with Gasteiger partial charge in [-0.3, -0.25) is 0 Å². The molecule has 1 N–H and O–H groups in total. The van der Waals surface area contributed by atoms with E-state index in [1.54, 1.807) is 0 Å². The highest BCUT2D eigenvalue weighted by molar-refractivity contribution is 5.72. The second-order valence-electron chi connectivity index (χ2n) is 7.52. The zero-order valence-corrected chi connectivity index (χ0v) is 18.2. The summed E-state index contributed by atoms with van der Waals surface area (Å²) in [6, 6.07) is 17.3. The Morgan fingerprint density at radius 3 is 2.48 bits per heavy atom. The molecular weight excluding hydrogens is 394 g/mol. The van der Waals surface area contributed by atoms with Gasteiger partial charge in [0, 0.05) is 18.4 Å². The Kier molecular flexibility index (Phi) is 7.84. The number of ether oxygens (including phenoxy) is 2. The number of aliphatic carboxylic acids is 1. The molecule has 0 radical (unpaired) electrons. The molecule has 0 bridgehead atoms. The number of hydrogen-bond acceptors (Lipinski definition) is 5. The zero-order chi connectivity index (χ0) is 22.2. The number of benzene rings is 2. The molecule has 0 saturated carbocycles. The van der Waals surface area contributed by atoms with Crippen molar-refractivity contribution in [1.82, 2.24) is 4.98 Å². The van der Waals surface area contributed by atoms with Crippen LogP contribution in [0.4, 0.5) is 0 Å². The minimum atomic E-state index is -0.946. The van der Waals surface area contributed by atoms with Gasteiger partial charge < -0.3 is 19.0 Å². The third-order valence-corrected chi connectivity index (χ3v) is 5.11. The first kappa shape index (κ1) is 22.6. The smallest absolute Gasteiger partial charge is 0.333 e. The van der Waals surface area contributed by atoms with Crippen LogP contribution >= 0.6 is 0 Å². The van der Waals surface area contributed by atoms with Crippen LogP contribution in [0.3, 0.4) is 0 Å². The lowest BCUT2D eigenvalue weighted by atomic mass is 10.1. The van der Waals surface area contributed by atoms with E-state index >= 15 is 0 Å². The second-order valence-corrected chi connectivity index (χ2v) is 7.52. The van der Waals surface area contributed by atoms with E-state index in [1.807, 2.05) is 75.4 Å². The normalized spacial score (nSPS) is 13.0. The number of nitrogens with zero attached hydrogens (tertiary/aromatic N) is 1. The molecule has 0 amide bonds. The highest BCUT2D eigenvalue weighted by Gasteiger charge is 2.21. The first-order chi connectivity index (χ1) is 15.0. The second kappa shape index (κ2) is 10.8. The lowest BCUT2D eigenvalue weighted by Crippen LogP contribution is -2.30. The maximum atomic E-state index is 11.5. The van der Waals surface area contributed by atoms with Crippen LogP contribution in [0.25, 0.3) is 11.5 Å². The van der Waals surface area contributed by atoms with Gasteiger partial charge in [-0.25, -0.2) is 9.78 Å². The van der Waals surface area contributed by atoms with Crippen molar-refractivity contribution < 1.29 is 23.8 Å². The van der Waals surface area contributed by atoms with E-state index in [2.05, 4.69) is 4.98 Å². The number of carboxylic acid groups (broad SMARTS) is 1. The van der Waals surface area contributed by atoms with E-state index in [4.69, 9.17) is 13.9 Å². The summed E-state index contributed by atoms with van der Waals surface area (Å²) in [7, 11) is 0. The largest absolute Gasteiger partial charge is 0.493 e. The molecule has 0 saturated heterocycles. The molecule has 1 aromatic heterocycles. The van der Waals surface area contributed by atoms with Gasteiger partial charge in [0.15, 0.2) is 6.10 Å². The van der Waals surface area contributed by atoms with Crippen molar-refractivity contribution >= 4 is 5.97 Å². The number of aryl methyl sites for hydroxylation is 1. The molecule has 3 rings (SSSR count). The lowest BCUT2D eigenvalue weighted by molar-refractivity contribution is -0.153. The average molecular weight is 424 g/mol. The molecule has 6 nitrogen and oxygen atoms in total. The number of rotatable bonds is 11. The minimum absolute atomic E-state index is 0.0916. The fourth-order valence-corrected chi connectivity index (χ4v) is 3.14. The van der Waals surface area contributed by atoms with Crippen molar-refractivity contribution in [3.63, 3.8) is 0 Å². The summed E-state index contributed by atoms with van der Waals surface area (Å²) in [6.45, 7) is 6.23. The molecule has 31 heavy (non-hydrogen) atoms. The van der Waals surface area contributed by atoms with Crippen LogP contribution in [0.5, 0.6) is 5.75 Å². The monoisotopic (exact) mass is 423 g/mol. The molecule has 0 aliphatic rings. The van der Waals surface area contributed by atoms with Crippen molar-refractivity contribution in [3.05, 3.63) is 71.6 Å². The number of aromatic nitrogens is 1. The van der Waals surface area contributed by atoms with Gasteiger partial charge >= 0.3 is 5.97 Å². The van der Waals surface area contributed by atoms with Crippen molar-refractivity contribution in [2.24, 2.45) is 0 Å². The molecule has 6 heteroatoms. The van der Waals surface area contributed by atoms with E-state index in [-0.39, 0.29) is 6.10 Å².